The van der Waals surface area contributed by atoms with Crippen LogP contribution in [0.1, 0.15) is 79.5 Å². The summed E-state index contributed by atoms with van der Waals surface area (Å²) in [7, 11) is 1.87. The lowest BCUT2D eigenvalue weighted by Gasteiger charge is -2.35. The van der Waals surface area contributed by atoms with Crippen molar-refractivity contribution in [2.45, 2.75) is 71.6 Å². The van der Waals surface area contributed by atoms with Crippen LogP contribution < -0.4 is 4.74 Å². The number of hydrogen-bond donors (Lipinski definition) is 1. The maximum absolute atomic E-state index is 12.7. The molecule has 8 nitrogen and oxygen atoms in total. The Balaban J connectivity index is 1.45. The van der Waals surface area contributed by atoms with Gasteiger partial charge in [-0.05, 0) is 87.4 Å². The second-order valence-electron chi connectivity index (χ2n) is 12.6. The third kappa shape index (κ3) is 4.35. The monoisotopic (exact) mass is 539 g/mol. The normalized spacial score (nSPS) is 19.5. The number of benzene rings is 2. The topological polar surface area (TPSA) is 93.4 Å². The number of rotatable bonds is 5. The fourth-order valence-electron chi connectivity index (χ4n) is 6.74. The molecule has 0 saturated heterocycles. The number of aromatic nitrogens is 4. The molecule has 1 N–H and O–H groups in total. The molecule has 0 fully saturated rings. The van der Waals surface area contributed by atoms with Crippen LogP contribution in [-0.4, -0.2) is 48.1 Å². The average Bonchev–Trinajstić information content (AvgIpc) is 3.45. The first-order valence-corrected chi connectivity index (χ1v) is 14.0. The molecule has 4 aromatic rings. The summed E-state index contributed by atoms with van der Waals surface area (Å²) >= 11 is 0. The molecule has 2 aromatic carbocycles. The van der Waals surface area contributed by atoms with E-state index in [4.69, 9.17) is 4.74 Å². The van der Waals surface area contributed by atoms with Gasteiger partial charge in [0.15, 0.2) is 0 Å². The Morgan fingerprint density at radius 2 is 1.98 bits per heavy atom. The summed E-state index contributed by atoms with van der Waals surface area (Å²) in [5.41, 5.74) is 6.96. The molecule has 208 valence electrons. The van der Waals surface area contributed by atoms with Crippen molar-refractivity contribution in [3.8, 4) is 5.88 Å². The molecule has 1 aliphatic heterocycles. The average molecular weight is 540 g/mol. The van der Waals surface area contributed by atoms with Gasteiger partial charge < -0.3 is 9.84 Å². The Morgan fingerprint density at radius 1 is 1.18 bits per heavy atom. The van der Waals surface area contributed by atoms with Crippen LogP contribution in [0, 0.1) is 12.3 Å². The first-order valence-electron chi connectivity index (χ1n) is 14.0. The van der Waals surface area contributed by atoms with Crippen molar-refractivity contribution in [2.75, 3.05) is 6.54 Å². The van der Waals surface area contributed by atoms with Gasteiger partial charge >= 0.3 is 5.97 Å². The zero-order valence-corrected chi connectivity index (χ0v) is 24.1. The molecule has 1 aliphatic carbocycles. The van der Waals surface area contributed by atoms with E-state index in [1.54, 1.807) is 10.9 Å². The van der Waals surface area contributed by atoms with E-state index in [2.05, 4.69) is 64.4 Å². The Kier molecular flexibility index (Phi) is 6.22. The number of aliphatic carboxylic acids is 1. The first kappa shape index (κ1) is 26.4. The molecule has 0 amide bonds. The molecule has 2 aliphatic rings. The predicted molar refractivity (Wildman–Crippen MR) is 153 cm³/mol. The lowest BCUT2D eigenvalue weighted by Crippen LogP contribution is -2.41. The molecule has 8 heteroatoms. The van der Waals surface area contributed by atoms with E-state index in [0.29, 0.717) is 5.88 Å². The second-order valence-corrected chi connectivity index (χ2v) is 12.6. The maximum Gasteiger partial charge on any atom is 0.310 e. The Morgan fingerprint density at radius 3 is 2.75 bits per heavy atom. The van der Waals surface area contributed by atoms with E-state index in [1.807, 2.05) is 40.0 Å². The van der Waals surface area contributed by atoms with Crippen LogP contribution >= 0.6 is 0 Å². The minimum atomic E-state index is -1.05. The Bertz CT molecular complexity index is 1620. The molecular formula is C32H37N5O3. The van der Waals surface area contributed by atoms with Gasteiger partial charge in [0.05, 0.1) is 10.9 Å². The van der Waals surface area contributed by atoms with Crippen molar-refractivity contribution in [1.82, 2.24) is 24.9 Å². The Hall–Kier alpha value is -3.78. The van der Waals surface area contributed by atoms with Gasteiger partial charge in [-0.3, -0.25) is 9.69 Å². The van der Waals surface area contributed by atoms with Crippen molar-refractivity contribution < 1.29 is 14.6 Å². The van der Waals surface area contributed by atoms with E-state index >= 15 is 0 Å². The third-order valence-electron chi connectivity index (χ3n) is 8.83. The van der Waals surface area contributed by atoms with Crippen LogP contribution in [-0.2, 0) is 24.8 Å². The van der Waals surface area contributed by atoms with Crippen LogP contribution in [0.3, 0.4) is 0 Å². The minimum Gasteiger partial charge on any atom is -0.481 e. The highest BCUT2D eigenvalue weighted by Gasteiger charge is 2.42. The number of carbonyl (C=O) groups is 1. The van der Waals surface area contributed by atoms with E-state index in [9.17, 15) is 9.90 Å². The molecule has 2 unspecified atom stereocenters. The third-order valence-corrected chi connectivity index (χ3v) is 8.83. The van der Waals surface area contributed by atoms with Crippen LogP contribution in [0.25, 0.3) is 11.0 Å². The molecular weight excluding hydrogens is 502 g/mol. The van der Waals surface area contributed by atoms with E-state index in [0.717, 1.165) is 59.2 Å². The van der Waals surface area contributed by atoms with Gasteiger partial charge in [-0.25, -0.2) is 9.67 Å². The van der Waals surface area contributed by atoms with Crippen molar-refractivity contribution in [3.05, 3.63) is 82.0 Å². The van der Waals surface area contributed by atoms with Crippen LogP contribution in [0.4, 0.5) is 0 Å². The number of carboxylic acid groups (broad SMARTS) is 1. The van der Waals surface area contributed by atoms with Gasteiger partial charge in [0, 0.05) is 43.9 Å². The highest BCUT2D eigenvalue weighted by Crippen LogP contribution is 2.47. The smallest absolute Gasteiger partial charge is 0.310 e. The van der Waals surface area contributed by atoms with Crippen molar-refractivity contribution >= 4 is 17.0 Å². The molecule has 0 radical (unpaired) electrons. The van der Waals surface area contributed by atoms with E-state index in [-0.39, 0.29) is 12.0 Å². The number of nitrogens with zero attached hydrogens (tertiary/aromatic N) is 5. The number of fused-ring (bicyclic) bond motifs is 3. The number of carboxylic acids is 1. The van der Waals surface area contributed by atoms with Gasteiger partial charge in [-0.15, -0.1) is 5.10 Å². The van der Waals surface area contributed by atoms with Gasteiger partial charge in [-0.2, -0.15) is 0 Å². The van der Waals surface area contributed by atoms with Crippen molar-refractivity contribution in [2.24, 2.45) is 12.5 Å². The van der Waals surface area contributed by atoms with Crippen LogP contribution in [0.2, 0.25) is 0 Å². The number of pyridine rings is 1. The summed E-state index contributed by atoms with van der Waals surface area (Å²) in [6.45, 7) is 11.4. The number of ether oxygens (including phenoxy) is 1. The molecule has 2 atom stereocenters. The lowest BCUT2D eigenvalue weighted by atomic mass is 9.69. The number of hydrogen-bond acceptors (Lipinski definition) is 6. The molecule has 0 spiro atoms. The summed E-state index contributed by atoms with van der Waals surface area (Å²) in [5, 5.41) is 19.0. The summed E-state index contributed by atoms with van der Waals surface area (Å²) < 4.78 is 8.09. The van der Waals surface area contributed by atoms with Gasteiger partial charge in [0.2, 0.25) is 5.88 Å². The SMILES string of the molecule is Cc1c(C(c2ccc3c(c2)C(N2Cc4cccnc4OC(C)(C)C2)CC3)C(C)(C)C(=O)O)ccc2c1nnn2C. The highest BCUT2D eigenvalue weighted by molar-refractivity contribution is 5.81. The Labute approximate surface area is 235 Å². The molecule has 6 rings (SSSR count). The minimum absolute atomic E-state index is 0.209. The summed E-state index contributed by atoms with van der Waals surface area (Å²) in [6.07, 6.45) is 3.80. The zero-order valence-electron chi connectivity index (χ0n) is 24.1. The quantitative estimate of drug-likeness (QED) is 0.354. The number of aryl methyl sites for hydroxylation is 3. The molecule has 0 bridgehead atoms. The maximum atomic E-state index is 12.7. The van der Waals surface area contributed by atoms with Crippen molar-refractivity contribution in [3.63, 3.8) is 0 Å². The molecule has 40 heavy (non-hydrogen) atoms. The van der Waals surface area contributed by atoms with Gasteiger partial charge in [0.1, 0.15) is 11.1 Å². The zero-order chi connectivity index (χ0) is 28.4. The van der Waals surface area contributed by atoms with Crippen LogP contribution in [0.5, 0.6) is 5.88 Å². The second kappa shape index (κ2) is 9.41. The van der Waals surface area contributed by atoms with E-state index < -0.39 is 17.0 Å². The van der Waals surface area contributed by atoms with Crippen LogP contribution in [0.15, 0.2) is 48.7 Å². The fourth-order valence-corrected chi connectivity index (χ4v) is 6.74. The predicted octanol–water partition coefficient (Wildman–Crippen LogP) is 5.57. The summed E-state index contributed by atoms with van der Waals surface area (Å²) in [6, 6.07) is 14.9. The largest absolute Gasteiger partial charge is 0.481 e. The highest BCUT2D eigenvalue weighted by atomic mass is 16.5. The lowest BCUT2D eigenvalue weighted by molar-refractivity contribution is -0.147. The van der Waals surface area contributed by atoms with Gasteiger partial charge in [-0.1, -0.05) is 35.5 Å². The van der Waals surface area contributed by atoms with E-state index in [1.165, 1.54) is 11.1 Å². The van der Waals surface area contributed by atoms with Gasteiger partial charge in [0.25, 0.3) is 0 Å². The summed E-state index contributed by atoms with van der Waals surface area (Å²) in [5.74, 6) is -0.486. The molecule has 3 heterocycles. The molecule has 2 aromatic heterocycles. The molecule has 0 saturated carbocycles. The summed E-state index contributed by atoms with van der Waals surface area (Å²) in [4.78, 5) is 19.7. The fraction of sp³-hybridized carbons (Fsp3) is 0.438. The van der Waals surface area contributed by atoms with Crippen molar-refractivity contribution in [1.29, 1.82) is 0 Å². The standard InChI is InChI=1S/C32H37N5O3/c1-19-23(12-14-26-28(19)34-35-36(26)6)27(32(4,5)30(38)39)21-10-9-20-11-13-25(24(20)16-21)37-17-22-8-7-15-33-29(22)40-31(2,3)18-37/h7-10,12,14-16,25,27H,11,13,17-18H2,1-6H3,(H,38,39). The first-order chi connectivity index (χ1) is 19.0.